The zero-order chi connectivity index (χ0) is 15.8. The molecule has 0 radical (unpaired) electrons. The van der Waals surface area contributed by atoms with Crippen LogP contribution in [0.15, 0.2) is 34.8 Å². The molecule has 0 bridgehead atoms. The van der Waals surface area contributed by atoms with Crippen molar-refractivity contribution in [2.24, 2.45) is 0 Å². The van der Waals surface area contributed by atoms with Crippen LogP contribution < -0.4 is 10.6 Å². The van der Waals surface area contributed by atoms with Gasteiger partial charge in [0.2, 0.25) is 0 Å². The van der Waals surface area contributed by atoms with Crippen molar-refractivity contribution in [1.29, 1.82) is 0 Å². The van der Waals surface area contributed by atoms with Gasteiger partial charge in [-0.2, -0.15) is 0 Å². The van der Waals surface area contributed by atoms with Crippen molar-refractivity contribution in [2.45, 2.75) is 6.92 Å². The van der Waals surface area contributed by atoms with Gasteiger partial charge in [0.1, 0.15) is 0 Å². The molecule has 0 spiro atoms. The summed E-state index contributed by atoms with van der Waals surface area (Å²) < 4.78 is 5.91. The number of nitrogens with one attached hydrogen (secondary N) is 2. The number of carboxylic acids is 1. The predicted molar refractivity (Wildman–Crippen MR) is 83.8 cm³/mol. The number of aromatic carboxylic acids is 1. The van der Waals surface area contributed by atoms with Gasteiger partial charge in [-0.15, -0.1) is 0 Å². The van der Waals surface area contributed by atoms with Crippen LogP contribution in [0.25, 0.3) is 0 Å². The minimum atomic E-state index is -1.11. The third-order valence-electron chi connectivity index (χ3n) is 2.34. The third kappa shape index (κ3) is 6.42. The minimum Gasteiger partial charge on any atom is -0.478 e. The monoisotopic (exact) mass is 356 g/mol. The average Bonchev–Trinajstić information content (AvgIpc) is 2.37. The van der Waals surface area contributed by atoms with E-state index in [0.717, 1.165) is 5.57 Å². The van der Waals surface area contributed by atoms with Gasteiger partial charge in [-0.05, 0) is 25.1 Å². The number of ether oxygens (including phenoxy) is 1. The zero-order valence-corrected chi connectivity index (χ0v) is 13.2. The lowest BCUT2D eigenvalue weighted by Gasteiger charge is -2.10. The Labute approximate surface area is 131 Å². The largest absolute Gasteiger partial charge is 0.478 e. The summed E-state index contributed by atoms with van der Waals surface area (Å²) in [5.41, 5.74) is 1.14. The van der Waals surface area contributed by atoms with E-state index in [4.69, 9.17) is 9.84 Å². The van der Waals surface area contributed by atoms with Gasteiger partial charge in [-0.25, -0.2) is 9.59 Å². The van der Waals surface area contributed by atoms with Crippen molar-refractivity contribution in [2.75, 3.05) is 25.1 Å². The summed E-state index contributed by atoms with van der Waals surface area (Å²) in [5, 5.41) is 14.1. The van der Waals surface area contributed by atoms with Crippen LogP contribution in [0.4, 0.5) is 10.5 Å². The molecule has 114 valence electrons. The van der Waals surface area contributed by atoms with Gasteiger partial charge in [0.25, 0.3) is 0 Å². The van der Waals surface area contributed by atoms with E-state index in [1.54, 1.807) is 6.07 Å². The molecule has 2 amide bonds. The number of urea groups is 1. The Morgan fingerprint density at radius 3 is 2.76 bits per heavy atom. The standard InChI is InChI=1S/C14H17BrN2O4/c1-9(2)8-21-6-5-16-14(20)17-12-7-10(15)3-4-11(12)13(18)19/h3-4,7H,1,5-6,8H2,2H3,(H,18,19)(H2,16,17,20). The van der Waals surface area contributed by atoms with Gasteiger partial charge in [-0.3, -0.25) is 0 Å². The average molecular weight is 357 g/mol. The van der Waals surface area contributed by atoms with Crippen molar-refractivity contribution in [3.05, 3.63) is 40.4 Å². The number of carbonyl (C=O) groups excluding carboxylic acids is 1. The molecule has 0 heterocycles. The van der Waals surface area contributed by atoms with E-state index in [2.05, 4.69) is 33.1 Å². The SMILES string of the molecule is C=C(C)COCCNC(=O)Nc1cc(Br)ccc1C(=O)O. The van der Waals surface area contributed by atoms with Crippen LogP contribution in [0.2, 0.25) is 0 Å². The highest BCUT2D eigenvalue weighted by Crippen LogP contribution is 2.21. The molecule has 1 rings (SSSR count). The van der Waals surface area contributed by atoms with E-state index >= 15 is 0 Å². The zero-order valence-electron chi connectivity index (χ0n) is 11.6. The number of hydrogen-bond donors (Lipinski definition) is 3. The molecule has 1 aromatic rings. The summed E-state index contributed by atoms with van der Waals surface area (Å²) in [6.07, 6.45) is 0. The van der Waals surface area contributed by atoms with Crippen molar-refractivity contribution in [3.8, 4) is 0 Å². The second kappa shape index (κ2) is 8.43. The van der Waals surface area contributed by atoms with Crippen LogP contribution in [0.3, 0.4) is 0 Å². The molecule has 0 unspecified atom stereocenters. The maximum absolute atomic E-state index is 11.7. The fraction of sp³-hybridized carbons (Fsp3) is 0.286. The van der Waals surface area contributed by atoms with Gasteiger partial charge in [-0.1, -0.05) is 28.1 Å². The van der Waals surface area contributed by atoms with Crippen LogP contribution in [0.1, 0.15) is 17.3 Å². The summed E-state index contributed by atoms with van der Waals surface area (Å²) >= 11 is 3.23. The third-order valence-corrected chi connectivity index (χ3v) is 2.83. The number of anilines is 1. The maximum Gasteiger partial charge on any atom is 0.337 e. The van der Waals surface area contributed by atoms with Gasteiger partial charge < -0.3 is 20.5 Å². The van der Waals surface area contributed by atoms with E-state index in [0.29, 0.717) is 24.2 Å². The number of carboxylic acid groups (broad SMARTS) is 1. The second-order valence-electron chi connectivity index (χ2n) is 4.39. The molecule has 6 nitrogen and oxygen atoms in total. The van der Waals surface area contributed by atoms with Crippen molar-refractivity contribution >= 4 is 33.6 Å². The fourth-order valence-electron chi connectivity index (χ4n) is 1.46. The first-order valence-corrected chi connectivity index (χ1v) is 6.99. The van der Waals surface area contributed by atoms with Crippen molar-refractivity contribution < 1.29 is 19.4 Å². The number of rotatable bonds is 7. The Bertz CT molecular complexity index is 546. The van der Waals surface area contributed by atoms with Crippen LogP contribution in [-0.4, -0.2) is 36.9 Å². The van der Waals surface area contributed by atoms with E-state index in [-0.39, 0.29) is 11.3 Å². The molecule has 21 heavy (non-hydrogen) atoms. The number of benzene rings is 1. The van der Waals surface area contributed by atoms with Crippen molar-refractivity contribution in [1.82, 2.24) is 5.32 Å². The highest BCUT2D eigenvalue weighted by molar-refractivity contribution is 9.10. The molecular formula is C14H17BrN2O4. The van der Waals surface area contributed by atoms with Crippen LogP contribution in [-0.2, 0) is 4.74 Å². The molecule has 3 N–H and O–H groups in total. The summed E-state index contributed by atoms with van der Waals surface area (Å²) in [5.74, 6) is -1.11. The van der Waals surface area contributed by atoms with Gasteiger partial charge >= 0.3 is 12.0 Å². The number of carbonyl (C=O) groups is 2. The first kappa shape index (κ1) is 17.2. The molecule has 0 aromatic heterocycles. The van der Waals surface area contributed by atoms with E-state index in [1.165, 1.54) is 12.1 Å². The summed E-state index contributed by atoms with van der Waals surface area (Å²) in [4.78, 5) is 22.8. The Balaban J connectivity index is 2.49. The summed E-state index contributed by atoms with van der Waals surface area (Å²) in [7, 11) is 0. The Morgan fingerprint density at radius 1 is 1.43 bits per heavy atom. The molecule has 0 aliphatic carbocycles. The van der Waals surface area contributed by atoms with Gasteiger partial charge in [0.15, 0.2) is 0 Å². The summed E-state index contributed by atoms with van der Waals surface area (Å²) in [6.45, 7) is 6.65. The number of halogens is 1. The maximum atomic E-state index is 11.7. The molecule has 0 aliphatic rings. The Kier molecular flexibility index (Phi) is 6.90. The normalized spacial score (nSPS) is 10.0. The Morgan fingerprint density at radius 2 is 2.14 bits per heavy atom. The molecule has 1 aromatic carbocycles. The molecule has 7 heteroatoms. The number of amides is 2. The van der Waals surface area contributed by atoms with Crippen LogP contribution in [0.5, 0.6) is 0 Å². The lowest BCUT2D eigenvalue weighted by atomic mass is 10.2. The second-order valence-corrected chi connectivity index (χ2v) is 5.30. The molecule has 0 saturated heterocycles. The molecule has 0 saturated carbocycles. The fourth-order valence-corrected chi connectivity index (χ4v) is 1.82. The van der Waals surface area contributed by atoms with E-state index < -0.39 is 12.0 Å². The highest BCUT2D eigenvalue weighted by Gasteiger charge is 2.12. The highest BCUT2D eigenvalue weighted by atomic mass is 79.9. The Hall–Kier alpha value is -1.86. The number of hydrogen-bond acceptors (Lipinski definition) is 3. The first-order chi connectivity index (χ1) is 9.90. The lowest BCUT2D eigenvalue weighted by Crippen LogP contribution is -2.32. The molecule has 0 atom stereocenters. The molecule has 0 aliphatic heterocycles. The quantitative estimate of drug-likeness (QED) is 0.517. The van der Waals surface area contributed by atoms with Gasteiger partial charge in [0, 0.05) is 11.0 Å². The van der Waals surface area contributed by atoms with E-state index in [1.807, 2.05) is 6.92 Å². The molecular weight excluding hydrogens is 340 g/mol. The summed E-state index contributed by atoms with van der Waals surface area (Å²) in [6, 6.07) is 4.05. The van der Waals surface area contributed by atoms with Crippen LogP contribution >= 0.6 is 15.9 Å². The van der Waals surface area contributed by atoms with Crippen LogP contribution in [0, 0.1) is 0 Å². The smallest absolute Gasteiger partial charge is 0.337 e. The van der Waals surface area contributed by atoms with E-state index in [9.17, 15) is 9.59 Å². The minimum absolute atomic E-state index is 0.0203. The topological polar surface area (TPSA) is 87.7 Å². The van der Waals surface area contributed by atoms with Gasteiger partial charge in [0.05, 0.1) is 24.5 Å². The predicted octanol–water partition coefficient (Wildman–Crippen LogP) is 2.86. The molecule has 0 fully saturated rings. The lowest BCUT2D eigenvalue weighted by molar-refractivity contribution is 0.0698. The first-order valence-electron chi connectivity index (χ1n) is 6.20. The van der Waals surface area contributed by atoms with Crippen molar-refractivity contribution in [3.63, 3.8) is 0 Å².